The van der Waals surface area contributed by atoms with E-state index in [2.05, 4.69) is 5.10 Å². The molecule has 1 aromatic carbocycles. The Labute approximate surface area is 134 Å². The lowest BCUT2D eigenvalue weighted by molar-refractivity contribution is -0.147. The fourth-order valence-electron chi connectivity index (χ4n) is 2.80. The van der Waals surface area contributed by atoms with Crippen LogP contribution in [0, 0.1) is 12.3 Å². The van der Waals surface area contributed by atoms with Crippen LogP contribution in [0.5, 0.6) is 0 Å². The molecule has 0 spiro atoms. The fraction of sp³-hybridized carbons (Fsp3) is 0.353. The zero-order valence-electron chi connectivity index (χ0n) is 13.2. The number of carbonyl (C=O) groups is 2. The van der Waals surface area contributed by atoms with Gasteiger partial charge in [0, 0.05) is 24.8 Å². The molecule has 1 atom stereocenters. The third kappa shape index (κ3) is 2.84. The van der Waals surface area contributed by atoms with Gasteiger partial charge in [-0.25, -0.2) is 4.68 Å². The zero-order chi connectivity index (χ0) is 16.6. The maximum absolute atomic E-state index is 12.5. The standard InChI is InChI=1S/C17H19N3O3/c1-12-9-18-20(10-12)14-5-3-13(4-6-14)15(21)19-8-7-17(2,11-19)16(22)23/h3-6,9-10H,7-8,11H2,1-2H3,(H,22,23)/t17-/m1/s1. The number of benzene rings is 1. The molecule has 1 saturated heterocycles. The summed E-state index contributed by atoms with van der Waals surface area (Å²) in [6.07, 6.45) is 4.17. The molecule has 1 amide bonds. The lowest BCUT2D eigenvalue weighted by Crippen LogP contribution is -2.34. The van der Waals surface area contributed by atoms with E-state index >= 15 is 0 Å². The molecular formula is C17H19N3O3. The van der Waals surface area contributed by atoms with Gasteiger partial charge in [0.2, 0.25) is 0 Å². The molecule has 1 N–H and O–H groups in total. The van der Waals surface area contributed by atoms with Crippen molar-refractivity contribution in [1.29, 1.82) is 0 Å². The number of carboxylic acid groups (broad SMARTS) is 1. The second kappa shape index (κ2) is 5.53. The first-order valence-electron chi connectivity index (χ1n) is 7.53. The predicted molar refractivity (Wildman–Crippen MR) is 84.6 cm³/mol. The van der Waals surface area contributed by atoms with Crippen LogP contribution in [0.4, 0.5) is 0 Å². The summed E-state index contributed by atoms with van der Waals surface area (Å²) < 4.78 is 1.75. The van der Waals surface area contributed by atoms with E-state index in [1.165, 1.54) is 0 Å². The first kappa shape index (κ1) is 15.3. The van der Waals surface area contributed by atoms with E-state index in [0.717, 1.165) is 11.3 Å². The Balaban J connectivity index is 1.75. The molecule has 0 unspecified atom stereocenters. The zero-order valence-corrected chi connectivity index (χ0v) is 13.2. The molecule has 6 nitrogen and oxygen atoms in total. The van der Waals surface area contributed by atoms with E-state index in [-0.39, 0.29) is 12.5 Å². The maximum Gasteiger partial charge on any atom is 0.311 e. The number of carbonyl (C=O) groups excluding carboxylic acids is 1. The lowest BCUT2D eigenvalue weighted by atomic mass is 9.90. The quantitative estimate of drug-likeness (QED) is 0.942. The Kier molecular flexibility index (Phi) is 3.67. The highest BCUT2D eigenvalue weighted by Crippen LogP contribution is 2.31. The smallest absolute Gasteiger partial charge is 0.311 e. The number of nitrogens with zero attached hydrogens (tertiary/aromatic N) is 3. The molecule has 6 heteroatoms. The number of likely N-dealkylation sites (tertiary alicyclic amines) is 1. The summed E-state index contributed by atoms with van der Waals surface area (Å²) in [4.78, 5) is 25.4. The number of hydrogen-bond acceptors (Lipinski definition) is 3. The summed E-state index contributed by atoms with van der Waals surface area (Å²) in [5.41, 5.74) is 1.66. The van der Waals surface area contributed by atoms with Gasteiger partial charge in [0.15, 0.2) is 0 Å². The second-order valence-electron chi connectivity index (χ2n) is 6.35. The average Bonchev–Trinajstić information content (AvgIpc) is 3.14. The topological polar surface area (TPSA) is 75.4 Å². The Morgan fingerprint density at radius 2 is 1.96 bits per heavy atom. The molecule has 0 saturated carbocycles. The number of amides is 1. The number of aryl methyl sites for hydroxylation is 1. The highest BCUT2D eigenvalue weighted by Gasteiger charge is 2.42. The Hall–Kier alpha value is -2.63. The van der Waals surface area contributed by atoms with Gasteiger partial charge in [-0.1, -0.05) is 0 Å². The van der Waals surface area contributed by atoms with Crippen molar-refractivity contribution >= 4 is 11.9 Å². The Bertz CT molecular complexity index is 751. The SMILES string of the molecule is Cc1cnn(-c2ccc(C(=O)N3CC[C@@](C)(C(=O)O)C3)cc2)c1. The molecule has 0 bridgehead atoms. The van der Waals surface area contributed by atoms with E-state index in [0.29, 0.717) is 18.5 Å². The summed E-state index contributed by atoms with van der Waals surface area (Å²) in [6, 6.07) is 7.19. The molecule has 23 heavy (non-hydrogen) atoms. The van der Waals surface area contributed by atoms with Crippen molar-refractivity contribution in [2.45, 2.75) is 20.3 Å². The molecule has 1 aromatic heterocycles. The van der Waals surface area contributed by atoms with Crippen LogP contribution in [0.15, 0.2) is 36.7 Å². The van der Waals surface area contributed by atoms with E-state index in [4.69, 9.17) is 0 Å². The fourth-order valence-corrected chi connectivity index (χ4v) is 2.80. The number of rotatable bonds is 3. The van der Waals surface area contributed by atoms with Gasteiger partial charge in [-0.2, -0.15) is 5.10 Å². The van der Waals surface area contributed by atoms with Crippen LogP contribution in [-0.4, -0.2) is 44.8 Å². The van der Waals surface area contributed by atoms with Crippen LogP contribution < -0.4 is 0 Å². The number of carboxylic acids is 1. The molecule has 2 heterocycles. The molecule has 0 radical (unpaired) electrons. The van der Waals surface area contributed by atoms with Crippen LogP contribution in [0.3, 0.4) is 0 Å². The van der Waals surface area contributed by atoms with Gasteiger partial charge >= 0.3 is 5.97 Å². The minimum absolute atomic E-state index is 0.127. The van der Waals surface area contributed by atoms with Crippen molar-refractivity contribution in [1.82, 2.24) is 14.7 Å². The third-order valence-electron chi connectivity index (χ3n) is 4.37. The van der Waals surface area contributed by atoms with Crippen molar-refractivity contribution in [2.24, 2.45) is 5.41 Å². The van der Waals surface area contributed by atoms with Crippen LogP contribution in [0.2, 0.25) is 0 Å². The summed E-state index contributed by atoms with van der Waals surface area (Å²) in [5, 5.41) is 13.5. The maximum atomic E-state index is 12.5. The summed E-state index contributed by atoms with van der Waals surface area (Å²) >= 11 is 0. The van der Waals surface area contributed by atoms with E-state index < -0.39 is 11.4 Å². The molecule has 3 rings (SSSR count). The number of hydrogen-bond donors (Lipinski definition) is 1. The van der Waals surface area contributed by atoms with Crippen LogP contribution >= 0.6 is 0 Å². The largest absolute Gasteiger partial charge is 0.481 e. The Morgan fingerprint density at radius 3 is 2.48 bits per heavy atom. The third-order valence-corrected chi connectivity index (χ3v) is 4.37. The monoisotopic (exact) mass is 313 g/mol. The number of aromatic nitrogens is 2. The summed E-state index contributed by atoms with van der Waals surface area (Å²) in [7, 11) is 0. The van der Waals surface area contributed by atoms with Crippen molar-refractivity contribution in [2.75, 3.05) is 13.1 Å². The van der Waals surface area contributed by atoms with Crippen molar-refractivity contribution in [3.05, 3.63) is 47.8 Å². The van der Waals surface area contributed by atoms with Crippen LogP contribution in [-0.2, 0) is 4.79 Å². The van der Waals surface area contributed by atoms with Crippen molar-refractivity contribution < 1.29 is 14.7 Å². The highest BCUT2D eigenvalue weighted by atomic mass is 16.4. The second-order valence-corrected chi connectivity index (χ2v) is 6.35. The summed E-state index contributed by atoms with van der Waals surface area (Å²) in [6.45, 7) is 4.38. The minimum Gasteiger partial charge on any atom is -0.481 e. The minimum atomic E-state index is -0.850. The van der Waals surface area contributed by atoms with Crippen LogP contribution in [0.1, 0.15) is 29.3 Å². The van der Waals surface area contributed by atoms with Gasteiger partial charge in [0.05, 0.1) is 17.3 Å². The van der Waals surface area contributed by atoms with Crippen molar-refractivity contribution in [3.63, 3.8) is 0 Å². The lowest BCUT2D eigenvalue weighted by Gasteiger charge is -2.20. The average molecular weight is 313 g/mol. The summed E-state index contributed by atoms with van der Waals surface area (Å²) in [5.74, 6) is -0.977. The molecule has 1 fully saturated rings. The Morgan fingerprint density at radius 1 is 1.26 bits per heavy atom. The van der Waals surface area contributed by atoms with Gasteiger partial charge in [0.25, 0.3) is 5.91 Å². The van der Waals surface area contributed by atoms with E-state index in [1.54, 1.807) is 34.8 Å². The van der Waals surface area contributed by atoms with Gasteiger partial charge in [-0.15, -0.1) is 0 Å². The predicted octanol–water partition coefficient (Wildman–Crippen LogP) is 2.12. The normalized spacial score (nSPS) is 20.7. The molecular weight excluding hydrogens is 294 g/mol. The molecule has 1 aliphatic heterocycles. The highest BCUT2D eigenvalue weighted by molar-refractivity contribution is 5.95. The van der Waals surface area contributed by atoms with Gasteiger partial charge in [-0.05, 0) is 50.1 Å². The first-order chi connectivity index (χ1) is 10.9. The first-order valence-corrected chi connectivity index (χ1v) is 7.53. The molecule has 120 valence electrons. The van der Waals surface area contributed by atoms with Crippen LogP contribution in [0.25, 0.3) is 5.69 Å². The molecule has 1 aliphatic rings. The molecule has 2 aromatic rings. The van der Waals surface area contributed by atoms with E-state index in [1.807, 2.05) is 25.3 Å². The van der Waals surface area contributed by atoms with Crippen molar-refractivity contribution in [3.8, 4) is 5.69 Å². The van der Waals surface area contributed by atoms with Gasteiger partial charge in [0.1, 0.15) is 0 Å². The van der Waals surface area contributed by atoms with Gasteiger partial charge < -0.3 is 10.0 Å². The van der Waals surface area contributed by atoms with E-state index in [9.17, 15) is 14.7 Å². The van der Waals surface area contributed by atoms with Gasteiger partial charge in [-0.3, -0.25) is 9.59 Å². The number of aliphatic carboxylic acids is 1. The molecule has 0 aliphatic carbocycles.